The minimum atomic E-state index is -2.18. The Kier molecular flexibility index (Phi) is 4.02. The summed E-state index contributed by atoms with van der Waals surface area (Å²) in [5.74, 6) is -0.891. The van der Waals surface area contributed by atoms with E-state index >= 15 is 4.39 Å². The fourth-order valence-corrected chi connectivity index (χ4v) is 2.65. The molecule has 1 atom stereocenters. The topological polar surface area (TPSA) is 46.6 Å². The number of alkyl halides is 1. The molecule has 0 saturated carbocycles. The van der Waals surface area contributed by atoms with Crippen LogP contribution in [0.4, 0.5) is 14.9 Å². The second-order valence-corrected chi connectivity index (χ2v) is 7.04. The normalized spacial score (nSPS) is 21.2. The van der Waals surface area contributed by atoms with Gasteiger partial charge >= 0.3 is 6.09 Å². The number of halogens is 1. The second kappa shape index (κ2) is 5.38. The van der Waals surface area contributed by atoms with E-state index in [-0.39, 0.29) is 23.6 Å². The predicted octanol–water partition coefficient (Wildman–Crippen LogP) is 4.18. The Morgan fingerprint density at radius 1 is 1.32 bits per heavy atom. The number of nitrogens with zero attached hydrogens (tertiary/aromatic N) is 1. The molecule has 1 heterocycles. The van der Waals surface area contributed by atoms with E-state index in [0.717, 1.165) is 4.90 Å². The van der Waals surface area contributed by atoms with Crippen molar-refractivity contribution < 1.29 is 18.7 Å². The smallest absolute Gasteiger partial charge is 0.421 e. The number of carbonyl (C=O) groups excluding carboxylic acids is 2. The Hall–Kier alpha value is -1.91. The highest BCUT2D eigenvalue weighted by molar-refractivity contribution is 6.20. The number of hydrogen-bond donors (Lipinski definition) is 0. The quantitative estimate of drug-likeness (QED) is 0.823. The molecule has 2 rings (SSSR count). The monoisotopic (exact) mass is 307 g/mol. The van der Waals surface area contributed by atoms with Crippen molar-refractivity contribution in [2.24, 2.45) is 5.92 Å². The van der Waals surface area contributed by atoms with Gasteiger partial charge in [-0.25, -0.2) is 14.1 Å². The van der Waals surface area contributed by atoms with Gasteiger partial charge in [0.1, 0.15) is 5.60 Å². The molecule has 0 unspecified atom stereocenters. The molecule has 0 spiro atoms. The predicted molar refractivity (Wildman–Crippen MR) is 82.4 cm³/mol. The molecule has 22 heavy (non-hydrogen) atoms. The van der Waals surface area contributed by atoms with Crippen LogP contribution in [0.2, 0.25) is 0 Å². The summed E-state index contributed by atoms with van der Waals surface area (Å²) in [5.41, 5.74) is -2.43. The number of amides is 2. The van der Waals surface area contributed by atoms with E-state index in [0.29, 0.717) is 0 Å². The third-order valence-corrected chi connectivity index (χ3v) is 3.38. The van der Waals surface area contributed by atoms with Gasteiger partial charge in [-0.15, -0.1) is 0 Å². The van der Waals surface area contributed by atoms with Gasteiger partial charge in [-0.1, -0.05) is 32.0 Å². The number of anilines is 1. The minimum absolute atomic E-state index is 0.0272. The summed E-state index contributed by atoms with van der Waals surface area (Å²) in [5, 5.41) is 0. The summed E-state index contributed by atoms with van der Waals surface area (Å²) in [7, 11) is 0. The number of rotatable bonds is 2. The number of para-hydroxylation sites is 1. The number of imide groups is 1. The minimum Gasteiger partial charge on any atom is -0.443 e. The highest BCUT2D eigenvalue weighted by Gasteiger charge is 2.54. The third-order valence-electron chi connectivity index (χ3n) is 3.38. The summed E-state index contributed by atoms with van der Waals surface area (Å²) in [6, 6.07) is 6.46. The van der Waals surface area contributed by atoms with E-state index in [1.807, 2.05) is 13.8 Å². The first-order valence-electron chi connectivity index (χ1n) is 7.42. The van der Waals surface area contributed by atoms with Crippen LogP contribution in [0.3, 0.4) is 0 Å². The molecule has 1 aliphatic heterocycles. The summed E-state index contributed by atoms with van der Waals surface area (Å²) < 4.78 is 20.6. The molecule has 0 saturated heterocycles. The molecular formula is C17H22FNO3. The van der Waals surface area contributed by atoms with Crippen LogP contribution in [0.15, 0.2) is 24.3 Å². The number of ether oxygens (including phenoxy) is 1. The zero-order valence-corrected chi connectivity index (χ0v) is 13.6. The van der Waals surface area contributed by atoms with E-state index in [4.69, 9.17) is 4.74 Å². The zero-order valence-electron chi connectivity index (χ0n) is 13.6. The Labute approximate surface area is 130 Å². The van der Waals surface area contributed by atoms with Gasteiger partial charge in [-0.05, 0) is 39.2 Å². The summed E-state index contributed by atoms with van der Waals surface area (Å²) in [4.78, 5) is 25.7. The second-order valence-electron chi connectivity index (χ2n) is 7.04. The van der Waals surface area contributed by atoms with Crippen LogP contribution in [-0.2, 0) is 15.2 Å². The molecule has 0 aromatic heterocycles. The lowest BCUT2D eigenvalue weighted by atomic mass is 9.88. The van der Waals surface area contributed by atoms with Gasteiger partial charge in [0.2, 0.25) is 5.67 Å². The Bertz CT molecular complexity index is 606. The van der Waals surface area contributed by atoms with Gasteiger partial charge in [-0.3, -0.25) is 4.79 Å². The third kappa shape index (κ3) is 2.85. The van der Waals surface area contributed by atoms with Gasteiger partial charge in [0.15, 0.2) is 0 Å². The number of benzene rings is 1. The first-order chi connectivity index (χ1) is 10.1. The van der Waals surface area contributed by atoms with Crippen molar-refractivity contribution in [1.29, 1.82) is 0 Å². The van der Waals surface area contributed by atoms with Crippen LogP contribution in [-0.4, -0.2) is 17.6 Å². The van der Waals surface area contributed by atoms with Crippen LogP contribution >= 0.6 is 0 Å². The fraction of sp³-hybridized carbons (Fsp3) is 0.529. The SMILES string of the molecule is CC(C)C[C@@]1(F)C(=O)N(C(=O)OC(C)(C)C)c2ccccc21. The van der Waals surface area contributed by atoms with Gasteiger partial charge in [0, 0.05) is 5.56 Å². The molecule has 0 radical (unpaired) electrons. The standard InChI is InChI=1S/C17H22FNO3/c1-11(2)10-17(18)12-8-6-7-9-13(12)19(14(17)20)15(21)22-16(3,4)5/h6-9,11H,10H2,1-5H3/t17-/m0/s1. The molecule has 0 fully saturated rings. The molecule has 1 aromatic carbocycles. The molecule has 0 bridgehead atoms. The molecular weight excluding hydrogens is 285 g/mol. The van der Waals surface area contributed by atoms with Crippen molar-refractivity contribution in [2.45, 2.75) is 52.3 Å². The maximum Gasteiger partial charge on any atom is 0.421 e. The van der Waals surface area contributed by atoms with Crippen LogP contribution < -0.4 is 4.90 Å². The Morgan fingerprint density at radius 2 is 1.91 bits per heavy atom. The fourth-order valence-electron chi connectivity index (χ4n) is 2.65. The maximum absolute atomic E-state index is 15.4. The highest BCUT2D eigenvalue weighted by atomic mass is 19.1. The number of carbonyl (C=O) groups is 2. The van der Waals surface area contributed by atoms with Gasteiger partial charge in [0.05, 0.1) is 5.69 Å². The lowest BCUT2D eigenvalue weighted by Crippen LogP contribution is -2.44. The van der Waals surface area contributed by atoms with Crippen molar-refractivity contribution in [2.75, 3.05) is 4.90 Å². The van der Waals surface area contributed by atoms with E-state index in [1.165, 1.54) is 0 Å². The summed E-state index contributed by atoms with van der Waals surface area (Å²) in [6.07, 6.45) is -0.810. The van der Waals surface area contributed by atoms with Crippen molar-refractivity contribution >= 4 is 17.7 Å². The molecule has 2 amide bonds. The van der Waals surface area contributed by atoms with Crippen molar-refractivity contribution in [1.82, 2.24) is 0 Å². The lowest BCUT2D eigenvalue weighted by molar-refractivity contribution is -0.130. The van der Waals surface area contributed by atoms with Gasteiger partial charge in [0.25, 0.3) is 5.91 Å². The van der Waals surface area contributed by atoms with Crippen LogP contribution in [0.25, 0.3) is 0 Å². The van der Waals surface area contributed by atoms with Crippen LogP contribution in [0.5, 0.6) is 0 Å². The Balaban J connectivity index is 2.46. The average molecular weight is 307 g/mol. The van der Waals surface area contributed by atoms with E-state index in [1.54, 1.807) is 45.0 Å². The van der Waals surface area contributed by atoms with Crippen molar-refractivity contribution in [3.05, 3.63) is 29.8 Å². The molecule has 120 valence electrons. The zero-order chi connectivity index (χ0) is 16.7. The van der Waals surface area contributed by atoms with Gasteiger partial charge < -0.3 is 4.74 Å². The summed E-state index contributed by atoms with van der Waals surface area (Å²) in [6.45, 7) is 8.79. The lowest BCUT2D eigenvalue weighted by Gasteiger charge is -2.25. The van der Waals surface area contributed by atoms with Crippen molar-refractivity contribution in [3.63, 3.8) is 0 Å². The van der Waals surface area contributed by atoms with Gasteiger partial charge in [-0.2, -0.15) is 0 Å². The highest BCUT2D eigenvalue weighted by Crippen LogP contribution is 2.46. The van der Waals surface area contributed by atoms with Crippen LogP contribution in [0.1, 0.15) is 46.6 Å². The summed E-state index contributed by atoms with van der Waals surface area (Å²) >= 11 is 0. The molecule has 4 nitrogen and oxygen atoms in total. The van der Waals surface area contributed by atoms with E-state index in [2.05, 4.69) is 0 Å². The molecule has 0 N–H and O–H groups in total. The van der Waals surface area contributed by atoms with E-state index < -0.39 is 23.3 Å². The van der Waals surface area contributed by atoms with Crippen molar-refractivity contribution in [3.8, 4) is 0 Å². The maximum atomic E-state index is 15.4. The molecule has 0 aliphatic carbocycles. The molecule has 1 aromatic rings. The van der Waals surface area contributed by atoms with Crippen LogP contribution in [0, 0.1) is 5.92 Å². The number of fused-ring (bicyclic) bond motifs is 1. The molecule has 5 heteroatoms. The molecule has 1 aliphatic rings. The average Bonchev–Trinajstić information content (AvgIpc) is 2.56. The largest absolute Gasteiger partial charge is 0.443 e. The number of hydrogen-bond acceptors (Lipinski definition) is 3. The van der Waals surface area contributed by atoms with E-state index in [9.17, 15) is 9.59 Å². The Morgan fingerprint density at radius 3 is 2.45 bits per heavy atom. The first kappa shape index (κ1) is 16.5. The first-order valence-corrected chi connectivity index (χ1v) is 7.42.